The van der Waals surface area contributed by atoms with Crippen molar-refractivity contribution in [2.75, 3.05) is 20.2 Å². The molecule has 0 amide bonds. The fourth-order valence-corrected chi connectivity index (χ4v) is 4.01. The number of ketones is 1. The normalized spacial score (nSPS) is 17.5. The van der Waals surface area contributed by atoms with E-state index in [1.165, 1.54) is 0 Å². The number of hydrogen-bond acceptors (Lipinski definition) is 4. The summed E-state index contributed by atoms with van der Waals surface area (Å²) in [5.74, 6) is 1.36. The van der Waals surface area contributed by atoms with Crippen LogP contribution in [-0.2, 0) is 6.54 Å². The lowest BCUT2D eigenvalue weighted by atomic mass is 9.89. The summed E-state index contributed by atoms with van der Waals surface area (Å²) in [4.78, 5) is 15.5. The van der Waals surface area contributed by atoms with Crippen LogP contribution in [0.15, 0.2) is 60.7 Å². The van der Waals surface area contributed by atoms with Gasteiger partial charge in [0, 0.05) is 24.6 Å². The van der Waals surface area contributed by atoms with Gasteiger partial charge in [0.15, 0.2) is 5.78 Å². The van der Waals surface area contributed by atoms with Crippen LogP contribution in [0, 0.1) is 5.92 Å². The van der Waals surface area contributed by atoms with Crippen molar-refractivity contribution in [1.29, 1.82) is 0 Å². The molecule has 4 rings (SSSR count). The van der Waals surface area contributed by atoms with E-state index >= 15 is 0 Å². The molecule has 1 aliphatic rings. The molecule has 1 unspecified atom stereocenters. The molecular formula is C24H25NO3. The summed E-state index contributed by atoms with van der Waals surface area (Å²) in [5, 5.41) is 11.6. The van der Waals surface area contributed by atoms with E-state index in [4.69, 9.17) is 4.74 Å². The van der Waals surface area contributed by atoms with E-state index < -0.39 is 0 Å². The van der Waals surface area contributed by atoms with E-state index in [2.05, 4.69) is 4.90 Å². The first kappa shape index (κ1) is 18.5. The Morgan fingerprint density at radius 3 is 2.61 bits per heavy atom. The molecule has 1 aliphatic heterocycles. The van der Waals surface area contributed by atoms with Gasteiger partial charge in [-0.3, -0.25) is 9.69 Å². The Morgan fingerprint density at radius 2 is 1.82 bits per heavy atom. The molecule has 1 fully saturated rings. The summed E-state index contributed by atoms with van der Waals surface area (Å²) in [5.41, 5.74) is 1.94. The number of fused-ring (bicyclic) bond motifs is 1. The Morgan fingerprint density at radius 1 is 1.07 bits per heavy atom. The van der Waals surface area contributed by atoms with E-state index in [1.54, 1.807) is 19.2 Å². The fourth-order valence-electron chi connectivity index (χ4n) is 4.01. The molecule has 3 aromatic rings. The molecule has 1 saturated heterocycles. The number of carbonyl (C=O) groups is 1. The minimum atomic E-state index is 0.0292. The van der Waals surface area contributed by atoms with E-state index in [9.17, 15) is 9.90 Å². The summed E-state index contributed by atoms with van der Waals surface area (Å²) in [6.07, 6.45) is 1.96. The van der Waals surface area contributed by atoms with Crippen molar-refractivity contribution in [2.24, 2.45) is 5.92 Å². The van der Waals surface area contributed by atoms with E-state index in [0.717, 1.165) is 60.1 Å². The summed E-state index contributed by atoms with van der Waals surface area (Å²) in [6, 6.07) is 19.2. The van der Waals surface area contributed by atoms with Gasteiger partial charge in [0.25, 0.3) is 0 Å². The van der Waals surface area contributed by atoms with Crippen LogP contribution in [0.2, 0.25) is 0 Å². The van der Waals surface area contributed by atoms with Gasteiger partial charge in [0.05, 0.1) is 7.11 Å². The zero-order valence-electron chi connectivity index (χ0n) is 16.1. The van der Waals surface area contributed by atoms with Crippen LogP contribution < -0.4 is 4.74 Å². The van der Waals surface area contributed by atoms with Gasteiger partial charge < -0.3 is 9.84 Å². The van der Waals surface area contributed by atoms with Gasteiger partial charge in [-0.15, -0.1) is 0 Å². The lowest BCUT2D eigenvalue weighted by Gasteiger charge is -2.32. The summed E-state index contributed by atoms with van der Waals surface area (Å²) < 4.78 is 5.28. The zero-order valence-corrected chi connectivity index (χ0v) is 16.1. The van der Waals surface area contributed by atoms with Crippen molar-refractivity contribution in [1.82, 2.24) is 4.90 Å². The van der Waals surface area contributed by atoms with Gasteiger partial charge in [-0.1, -0.05) is 30.3 Å². The van der Waals surface area contributed by atoms with Crippen molar-refractivity contribution in [3.8, 4) is 11.5 Å². The Balaban J connectivity index is 1.47. The zero-order chi connectivity index (χ0) is 19.5. The van der Waals surface area contributed by atoms with Gasteiger partial charge in [-0.05, 0) is 66.1 Å². The number of methoxy groups -OCH3 is 1. The Labute approximate surface area is 165 Å². The Kier molecular flexibility index (Phi) is 5.31. The highest BCUT2D eigenvalue weighted by Gasteiger charge is 2.26. The van der Waals surface area contributed by atoms with Crippen molar-refractivity contribution in [3.63, 3.8) is 0 Å². The van der Waals surface area contributed by atoms with E-state index in [0.29, 0.717) is 0 Å². The largest absolute Gasteiger partial charge is 0.508 e. The maximum absolute atomic E-state index is 13.1. The highest BCUT2D eigenvalue weighted by Crippen LogP contribution is 2.26. The van der Waals surface area contributed by atoms with Gasteiger partial charge >= 0.3 is 0 Å². The lowest BCUT2D eigenvalue weighted by molar-refractivity contribution is 0.0811. The number of hydrogen-bond donors (Lipinski definition) is 1. The van der Waals surface area contributed by atoms with Crippen molar-refractivity contribution < 1.29 is 14.6 Å². The minimum Gasteiger partial charge on any atom is -0.508 e. The summed E-state index contributed by atoms with van der Waals surface area (Å²) in [6.45, 7) is 2.59. The first-order chi connectivity index (χ1) is 13.6. The molecule has 4 heteroatoms. The molecule has 0 aliphatic carbocycles. The number of ether oxygens (including phenoxy) is 1. The second kappa shape index (κ2) is 8.03. The number of piperidine rings is 1. The van der Waals surface area contributed by atoms with Crippen molar-refractivity contribution in [2.45, 2.75) is 19.4 Å². The first-order valence-electron chi connectivity index (χ1n) is 9.74. The molecule has 28 heavy (non-hydrogen) atoms. The maximum atomic E-state index is 13.1. The molecule has 0 spiro atoms. The SMILES string of the molecule is COc1ccc2cc(C(=O)C3CCCN(Cc4ccc(O)cc4)C3)ccc2c1. The molecule has 1 heterocycles. The molecule has 0 radical (unpaired) electrons. The van der Waals surface area contributed by atoms with Gasteiger partial charge in [-0.25, -0.2) is 0 Å². The number of aromatic hydroxyl groups is 1. The first-order valence-corrected chi connectivity index (χ1v) is 9.74. The average molecular weight is 375 g/mol. The quantitative estimate of drug-likeness (QED) is 0.660. The van der Waals surface area contributed by atoms with Crippen LogP contribution >= 0.6 is 0 Å². The van der Waals surface area contributed by atoms with E-state index in [-0.39, 0.29) is 17.5 Å². The number of phenolic OH excluding ortho intramolecular Hbond substituents is 1. The maximum Gasteiger partial charge on any atom is 0.167 e. The van der Waals surface area contributed by atoms with Crippen LogP contribution in [0.1, 0.15) is 28.8 Å². The molecule has 3 aromatic carbocycles. The number of nitrogens with zero attached hydrogens (tertiary/aromatic N) is 1. The molecule has 4 nitrogen and oxygen atoms in total. The predicted molar refractivity (Wildman–Crippen MR) is 111 cm³/mol. The van der Waals surface area contributed by atoms with Crippen molar-refractivity contribution in [3.05, 3.63) is 71.8 Å². The number of Topliss-reactive ketones (excluding diaryl/α,β-unsaturated/α-hetero) is 1. The second-order valence-electron chi connectivity index (χ2n) is 7.53. The highest BCUT2D eigenvalue weighted by atomic mass is 16.5. The standard InChI is InChI=1S/C24H25NO3/c1-28-23-11-8-18-13-20(7-6-19(18)14-23)24(27)21-3-2-12-25(16-21)15-17-4-9-22(26)10-5-17/h4-11,13-14,21,26H,2-3,12,15-16H2,1H3. The van der Waals surface area contributed by atoms with Crippen molar-refractivity contribution >= 4 is 16.6 Å². The summed E-state index contributed by atoms with van der Waals surface area (Å²) in [7, 11) is 1.66. The number of rotatable bonds is 5. The molecule has 0 aromatic heterocycles. The molecule has 144 valence electrons. The number of phenols is 1. The fraction of sp³-hybridized carbons (Fsp3) is 0.292. The third-order valence-electron chi connectivity index (χ3n) is 5.55. The van der Waals surface area contributed by atoms with Gasteiger partial charge in [0.2, 0.25) is 0 Å². The molecule has 1 N–H and O–H groups in total. The minimum absolute atomic E-state index is 0.0292. The van der Waals surface area contributed by atoms with Crippen LogP contribution in [0.25, 0.3) is 10.8 Å². The van der Waals surface area contributed by atoms with E-state index in [1.807, 2.05) is 48.5 Å². The molecule has 0 saturated carbocycles. The monoisotopic (exact) mass is 375 g/mol. The van der Waals surface area contributed by atoms with Crippen LogP contribution in [0.5, 0.6) is 11.5 Å². The Hall–Kier alpha value is -2.85. The summed E-state index contributed by atoms with van der Waals surface area (Å²) >= 11 is 0. The average Bonchev–Trinajstić information content (AvgIpc) is 2.74. The molecule has 1 atom stereocenters. The topological polar surface area (TPSA) is 49.8 Å². The van der Waals surface area contributed by atoms with Crippen LogP contribution in [0.3, 0.4) is 0 Å². The number of carbonyl (C=O) groups excluding carboxylic acids is 1. The van der Waals surface area contributed by atoms with Crippen LogP contribution in [0.4, 0.5) is 0 Å². The second-order valence-corrected chi connectivity index (χ2v) is 7.53. The van der Waals surface area contributed by atoms with Gasteiger partial charge in [-0.2, -0.15) is 0 Å². The van der Waals surface area contributed by atoms with Gasteiger partial charge in [0.1, 0.15) is 11.5 Å². The highest BCUT2D eigenvalue weighted by molar-refractivity contribution is 6.01. The third-order valence-corrected chi connectivity index (χ3v) is 5.55. The predicted octanol–water partition coefficient (Wildman–Crippen LogP) is 4.65. The third kappa shape index (κ3) is 4.02. The Bertz CT molecular complexity index is 981. The molecule has 0 bridgehead atoms. The number of benzene rings is 3. The number of likely N-dealkylation sites (tertiary alicyclic amines) is 1. The lowest BCUT2D eigenvalue weighted by Crippen LogP contribution is -2.38. The molecular weight excluding hydrogens is 350 g/mol. The van der Waals surface area contributed by atoms with Crippen LogP contribution in [-0.4, -0.2) is 36.0 Å². The smallest absolute Gasteiger partial charge is 0.167 e.